The minimum absolute atomic E-state index is 0.00544. The molecular weight excluding hydrogens is 274 g/mol. The second kappa shape index (κ2) is 6.30. The van der Waals surface area contributed by atoms with Crippen molar-refractivity contribution >= 4 is 10.2 Å². The maximum absolute atomic E-state index is 12.6. The zero-order chi connectivity index (χ0) is 14.9. The average molecular weight is 303 g/mol. The van der Waals surface area contributed by atoms with Gasteiger partial charge in [0.05, 0.1) is 0 Å². The van der Waals surface area contributed by atoms with Crippen molar-refractivity contribution in [3.63, 3.8) is 0 Å². The van der Waals surface area contributed by atoms with Crippen molar-refractivity contribution in [1.29, 1.82) is 0 Å². The number of piperidine rings is 1. The topological polar surface area (TPSA) is 52.7 Å². The summed E-state index contributed by atoms with van der Waals surface area (Å²) in [5.41, 5.74) is 0. The van der Waals surface area contributed by atoms with Crippen LogP contribution in [0.5, 0.6) is 0 Å². The number of hydrogen-bond acceptors (Lipinski definition) is 3. The van der Waals surface area contributed by atoms with Gasteiger partial charge in [0.1, 0.15) is 0 Å². The molecule has 0 spiro atoms. The van der Waals surface area contributed by atoms with Crippen LogP contribution in [0, 0.1) is 11.8 Å². The molecule has 1 saturated heterocycles. The standard InChI is InChI=1S/C14H29N3O2S/c1-11(2)7-13(10-16(3)4)15-20(18,19)17-9-12-5-6-14(17)8-12/h11-15H,5-10H2,1-4H3/t12-,13+,14-/m0/s1. The molecule has 0 unspecified atom stereocenters. The van der Waals surface area contributed by atoms with E-state index in [9.17, 15) is 8.42 Å². The number of nitrogens with zero attached hydrogens (tertiary/aromatic N) is 2. The number of likely N-dealkylation sites (N-methyl/N-ethyl adjacent to an activating group) is 1. The van der Waals surface area contributed by atoms with Crippen molar-refractivity contribution in [2.24, 2.45) is 11.8 Å². The van der Waals surface area contributed by atoms with Gasteiger partial charge in [-0.1, -0.05) is 13.8 Å². The Balaban J connectivity index is 2.00. The molecule has 5 nitrogen and oxygen atoms in total. The van der Waals surface area contributed by atoms with Crippen LogP contribution in [0.15, 0.2) is 0 Å². The van der Waals surface area contributed by atoms with Crippen molar-refractivity contribution < 1.29 is 8.42 Å². The van der Waals surface area contributed by atoms with Crippen LogP contribution >= 0.6 is 0 Å². The molecule has 2 bridgehead atoms. The van der Waals surface area contributed by atoms with Crippen LogP contribution in [0.4, 0.5) is 0 Å². The second-order valence-corrected chi connectivity index (χ2v) is 8.77. The van der Waals surface area contributed by atoms with E-state index >= 15 is 0 Å². The third-order valence-corrected chi connectivity index (χ3v) is 6.02. The molecule has 0 radical (unpaired) electrons. The predicted molar refractivity (Wildman–Crippen MR) is 81.7 cm³/mol. The van der Waals surface area contributed by atoms with Crippen LogP contribution in [-0.4, -0.2) is 56.9 Å². The van der Waals surface area contributed by atoms with Gasteiger partial charge in [-0.3, -0.25) is 0 Å². The maximum Gasteiger partial charge on any atom is 0.280 e. The van der Waals surface area contributed by atoms with Crippen molar-refractivity contribution in [3.8, 4) is 0 Å². The van der Waals surface area contributed by atoms with Crippen LogP contribution in [0.1, 0.15) is 39.5 Å². The number of rotatable bonds is 7. The van der Waals surface area contributed by atoms with E-state index in [1.807, 2.05) is 19.0 Å². The van der Waals surface area contributed by atoms with Crippen LogP contribution in [0.3, 0.4) is 0 Å². The summed E-state index contributed by atoms with van der Waals surface area (Å²) in [7, 11) is 0.646. The molecule has 1 aliphatic heterocycles. The number of hydrogen-bond donors (Lipinski definition) is 1. The first-order chi connectivity index (χ1) is 9.28. The number of nitrogens with one attached hydrogen (secondary N) is 1. The first-order valence-corrected chi connectivity index (χ1v) is 9.15. The lowest BCUT2D eigenvalue weighted by molar-refractivity contribution is 0.303. The zero-order valence-corrected chi connectivity index (χ0v) is 14.0. The molecule has 1 N–H and O–H groups in total. The highest BCUT2D eigenvalue weighted by Gasteiger charge is 2.44. The van der Waals surface area contributed by atoms with E-state index < -0.39 is 10.2 Å². The summed E-state index contributed by atoms with van der Waals surface area (Å²) in [5, 5.41) is 0. The molecule has 2 rings (SSSR count). The molecule has 3 atom stereocenters. The highest BCUT2D eigenvalue weighted by Crippen LogP contribution is 2.38. The molecule has 2 aliphatic rings. The Kier molecular flexibility index (Phi) is 5.10. The zero-order valence-electron chi connectivity index (χ0n) is 13.2. The van der Waals surface area contributed by atoms with E-state index in [2.05, 4.69) is 18.6 Å². The molecule has 1 heterocycles. The summed E-state index contributed by atoms with van der Waals surface area (Å²) in [6.45, 7) is 5.74. The lowest BCUT2D eigenvalue weighted by Gasteiger charge is -2.30. The van der Waals surface area contributed by atoms with Crippen molar-refractivity contribution in [2.75, 3.05) is 27.2 Å². The highest BCUT2D eigenvalue weighted by molar-refractivity contribution is 7.87. The molecule has 0 aromatic rings. The van der Waals surface area contributed by atoms with Crippen molar-refractivity contribution in [2.45, 2.75) is 51.6 Å². The molecule has 0 amide bonds. The first kappa shape index (κ1) is 16.2. The van der Waals surface area contributed by atoms with E-state index in [1.54, 1.807) is 4.31 Å². The first-order valence-electron chi connectivity index (χ1n) is 7.71. The summed E-state index contributed by atoms with van der Waals surface area (Å²) in [6, 6.07) is 0.241. The Morgan fingerprint density at radius 1 is 1.30 bits per heavy atom. The largest absolute Gasteiger partial charge is 0.308 e. The third-order valence-electron chi connectivity index (χ3n) is 4.32. The Bertz CT molecular complexity index is 412. The summed E-state index contributed by atoms with van der Waals surface area (Å²) in [6.07, 6.45) is 4.17. The van der Waals surface area contributed by atoms with E-state index in [4.69, 9.17) is 0 Å². The van der Waals surface area contributed by atoms with Gasteiger partial charge < -0.3 is 4.90 Å². The molecular formula is C14H29N3O2S. The highest BCUT2D eigenvalue weighted by atomic mass is 32.2. The Morgan fingerprint density at radius 3 is 2.45 bits per heavy atom. The fraction of sp³-hybridized carbons (Fsp3) is 1.00. The molecule has 0 aromatic carbocycles. The Morgan fingerprint density at radius 2 is 2.00 bits per heavy atom. The van der Waals surface area contributed by atoms with Gasteiger partial charge in [0.25, 0.3) is 10.2 Å². The lowest BCUT2D eigenvalue weighted by Crippen LogP contribution is -2.51. The summed E-state index contributed by atoms with van der Waals surface area (Å²) >= 11 is 0. The van der Waals surface area contributed by atoms with Crippen molar-refractivity contribution in [3.05, 3.63) is 0 Å². The Labute approximate surface area is 123 Å². The van der Waals surface area contributed by atoms with E-state index in [-0.39, 0.29) is 12.1 Å². The summed E-state index contributed by atoms with van der Waals surface area (Å²) in [5.74, 6) is 1.08. The van der Waals surface area contributed by atoms with Crippen LogP contribution < -0.4 is 4.72 Å². The van der Waals surface area contributed by atoms with Gasteiger partial charge in [-0.25, -0.2) is 0 Å². The maximum atomic E-state index is 12.6. The van der Waals surface area contributed by atoms with E-state index in [0.29, 0.717) is 11.8 Å². The minimum atomic E-state index is -3.32. The summed E-state index contributed by atoms with van der Waals surface area (Å²) < 4.78 is 29.8. The fourth-order valence-corrected chi connectivity index (χ4v) is 5.34. The van der Waals surface area contributed by atoms with Gasteiger partial charge in [-0.15, -0.1) is 0 Å². The van der Waals surface area contributed by atoms with Crippen LogP contribution in [0.2, 0.25) is 0 Å². The quantitative estimate of drug-likeness (QED) is 0.771. The molecule has 118 valence electrons. The molecule has 0 aromatic heterocycles. The number of fused-ring (bicyclic) bond motifs is 2. The molecule has 6 heteroatoms. The van der Waals surface area contributed by atoms with Gasteiger partial charge in [0, 0.05) is 25.2 Å². The lowest BCUT2D eigenvalue weighted by atomic mass is 10.0. The molecule has 20 heavy (non-hydrogen) atoms. The molecule has 1 aliphatic carbocycles. The van der Waals surface area contributed by atoms with Crippen LogP contribution in [0.25, 0.3) is 0 Å². The van der Waals surface area contributed by atoms with Gasteiger partial charge in [-0.2, -0.15) is 17.4 Å². The second-order valence-electron chi connectivity index (χ2n) is 7.11. The molecule has 1 saturated carbocycles. The smallest absolute Gasteiger partial charge is 0.280 e. The van der Waals surface area contributed by atoms with Gasteiger partial charge >= 0.3 is 0 Å². The van der Waals surface area contributed by atoms with Gasteiger partial charge in [0.2, 0.25) is 0 Å². The fourth-order valence-electron chi connectivity index (χ4n) is 3.62. The monoisotopic (exact) mass is 303 g/mol. The third kappa shape index (κ3) is 3.93. The SMILES string of the molecule is CC(C)C[C@H](CN(C)C)NS(=O)(=O)N1C[C@H]2CC[C@H]1C2. The normalized spacial score (nSPS) is 28.7. The van der Waals surface area contributed by atoms with E-state index in [1.165, 1.54) is 6.42 Å². The van der Waals surface area contributed by atoms with Gasteiger partial charge in [-0.05, 0) is 51.6 Å². The average Bonchev–Trinajstić information content (AvgIpc) is 2.87. The van der Waals surface area contributed by atoms with Crippen LogP contribution in [-0.2, 0) is 10.2 Å². The molecule has 2 fully saturated rings. The van der Waals surface area contributed by atoms with E-state index in [0.717, 1.165) is 32.4 Å². The predicted octanol–water partition coefficient (Wildman–Crippen LogP) is 1.28. The Hall–Kier alpha value is -0.170. The summed E-state index contributed by atoms with van der Waals surface area (Å²) in [4.78, 5) is 2.05. The van der Waals surface area contributed by atoms with Gasteiger partial charge in [0.15, 0.2) is 0 Å². The minimum Gasteiger partial charge on any atom is -0.308 e. The van der Waals surface area contributed by atoms with Crippen molar-refractivity contribution in [1.82, 2.24) is 13.9 Å².